The summed E-state index contributed by atoms with van der Waals surface area (Å²) in [6, 6.07) is 22.5. The van der Waals surface area contributed by atoms with E-state index in [0.717, 1.165) is 11.1 Å². The van der Waals surface area contributed by atoms with Gasteiger partial charge in [0.05, 0.1) is 19.2 Å². The average Bonchev–Trinajstić information content (AvgIpc) is 3.33. The van der Waals surface area contributed by atoms with Crippen molar-refractivity contribution in [2.75, 3.05) is 25.5 Å². The van der Waals surface area contributed by atoms with E-state index < -0.39 is 5.91 Å². The zero-order valence-electron chi connectivity index (χ0n) is 20.4. The Morgan fingerprint density at radius 1 is 1.05 bits per heavy atom. The van der Waals surface area contributed by atoms with Crippen molar-refractivity contribution in [2.24, 2.45) is 0 Å². The Kier molecular flexibility index (Phi) is 8.10. The van der Waals surface area contributed by atoms with Gasteiger partial charge in [0.1, 0.15) is 18.1 Å². The van der Waals surface area contributed by atoms with Crippen molar-refractivity contribution < 1.29 is 18.7 Å². The second-order valence-corrected chi connectivity index (χ2v) is 8.30. The number of carbonyl (C=O) groups excluding carboxylic acids is 2. The summed E-state index contributed by atoms with van der Waals surface area (Å²) in [5.41, 5.74) is 2.89. The lowest BCUT2D eigenvalue weighted by molar-refractivity contribution is -0.133. The molecule has 7 nitrogen and oxygen atoms in total. The van der Waals surface area contributed by atoms with E-state index in [1.54, 1.807) is 36.1 Å². The molecule has 0 aliphatic heterocycles. The first kappa shape index (κ1) is 25.4. The Labute approximate surface area is 214 Å². The third-order valence-corrected chi connectivity index (χ3v) is 5.68. The van der Waals surface area contributed by atoms with Gasteiger partial charge in [-0.3, -0.25) is 19.5 Å². The molecular weight excluding hydrogens is 471 g/mol. The Hall–Kier alpha value is -4.72. The highest BCUT2D eigenvalue weighted by atomic mass is 19.1. The number of halogens is 1. The number of hydrogen-bond donors (Lipinski definition) is 1. The first-order chi connectivity index (χ1) is 18.0. The smallest absolute Gasteiger partial charge is 0.246 e. The van der Waals surface area contributed by atoms with E-state index >= 15 is 0 Å². The lowest BCUT2D eigenvalue weighted by Crippen LogP contribution is -2.39. The molecule has 0 bridgehead atoms. The summed E-state index contributed by atoms with van der Waals surface area (Å²) < 4.78 is 20.4. The van der Waals surface area contributed by atoms with Crippen LogP contribution in [0.15, 0.2) is 97.7 Å². The number of anilines is 1. The van der Waals surface area contributed by atoms with Crippen LogP contribution in [0.5, 0.6) is 5.75 Å². The number of rotatable bonds is 10. The maximum atomic E-state index is 13.6. The summed E-state index contributed by atoms with van der Waals surface area (Å²) in [5, 5.41) is 2.81. The summed E-state index contributed by atoms with van der Waals surface area (Å²) in [5.74, 6) is -0.0309. The predicted octanol–water partition coefficient (Wildman–Crippen LogP) is 4.88. The van der Waals surface area contributed by atoms with Crippen molar-refractivity contribution in [3.63, 3.8) is 0 Å². The molecule has 0 aliphatic rings. The lowest BCUT2D eigenvalue weighted by Gasteiger charge is -2.21. The number of imidazole rings is 1. The molecule has 188 valence electrons. The standard InChI is InChI=1S/C29H27FN4O3/c1-3-17-33(28(36)18-21-7-5-4-6-8-21)20-27(35)32-29-31-26(22-9-15-25(37-2)16-10-22)19-34(29)24-13-11-23(30)12-14-24/h3-16,19H,1,17-18,20H2,2H3,(H,31,32,35). The molecule has 1 heterocycles. The summed E-state index contributed by atoms with van der Waals surface area (Å²) in [6.45, 7) is 3.76. The van der Waals surface area contributed by atoms with Gasteiger partial charge in [-0.1, -0.05) is 36.4 Å². The Morgan fingerprint density at radius 2 is 1.76 bits per heavy atom. The molecule has 0 unspecified atom stereocenters. The topological polar surface area (TPSA) is 76.5 Å². The van der Waals surface area contributed by atoms with Gasteiger partial charge in [0.15, 0.2) is 0 Å². The van der Waals surface area contributed by atoms with E-state index in [2.05, 4.69) is 16.9 Å². The normalized spacial score (nSPS) is 10.5. The zero-order valence-corrected chi connectivity index (χ0v) is 20.4. The van der Waals surface area contributed by atoms with Crippen LogP contribution in [0.25, 0.3) is 16.9 Å². The van der Waals surface area contributed by atoms with E-state index in [1.165, 1.54) is 17.0 Å². The van der Waals surface area contributed by atoms with Gasteiger partial charge in [0.2, 0.25) is 17.8 Å². The number of methoxy groups -OCH3 is 1. The van der Waals surface area contributed by atoms with Crippen molar-refractivity contribution in [1.29, 1.82) is 0 Å². The molecule has 2 amide bonds. The fourth-order valence-corrected chi connectivity index (χ4v) is 3.80. The molecule has 37 heavy (non-hydrogen) atoms. The second kappa shape index (κ2) is 11.8. The predicted molar refractivity (Wildman–Crippen MR) is 141 cm³/mol. The highest BCUT2D eigenvalue weighted by molar-refractivity contribution is 5.94. The third-order valence-electron chi connectivity index (χ3n) is 5.68. The highest BCUT2D eigenvalue weighted by Gasteiger charge is 2.19. The van der Waals surface area contributed by atoms with Gasteiger partial charge in [0, 0.05) is 24.0 Å². The lowest BCUT2D eigenvalue weighted by atomic mass is 10.1. The van der Waals surface area contributed by atoms with Crippen LogP contribution in [-0.2, 0) is 16.0 Å². The van der Waals surface area contributed by atoms with Crippen molar-refractivity contribution in [1.82, 2.24) is 14.5 Å². The molecule has 4 aromatic rings. The first-order valence-electron chi connectivity index (χ1n) is 11.7. The number of amides is 2. The van der Waals surface area contributed by atoms with Crippen LogP contribution in [0.3, 0.4) is 0 Å². The van der Waals surface area contributed by atoms with Crippen LogP contribution in [0.4, 0.5) is 10.3 Å². The molecular formula is C29H27FN4O3. The monoisotopic (exact) mass is 498 g/mol. The number of nitrogens with one attached hydrogen (secondary N) is 1. The summed E-state index contributed by atoms with van der Waals surface area (Å²) in [7, 11) is 1.59. The van der Waals surface area contributed by atoms with E-state index in [9.17, 15) is 14.0 Å². The summed E-state index contributed by atoms with van der Waals surface area (Å²) in [6.07, 6.45) is 3.51. The van der Waals surface area contributed by atoms with Crippen LogP contribution in [0.2, 0.25) is 0 Å². The van der Waals surface area contributed by atoms with E-state index in [4.69, 9.17) is 4.74 Å². The van der Waals surface area contributed by atoms with E-state index in [1.807, 2.05) is 54.6 Å². The molecule has 0 spiro atoms. The van der Waals surface area contributed by atoms with Crippen molar-refractivity contribution in [3.05, 3.63) is 109 Å². The van der Waals surface area contributed by atoms with Crippen LogP contribution in [0, 0.1) is 5.82 Å². The number of nitrogens with zero attached hydrogens (tertiary/aromatic N) is 3. The molecule has 3 aromatic carbocycles. The van der Waals surface area contributed by atoms with Crippen molar-refractivity contribution in [3.8, 4) is 22.7 Å². The van der Waals surface area contributed by atoms with Gasteiger partial charge in [-0.2, -0.15) is 0 Å². The first-order valence-corrected chi connectivity index (χ1v) is 11.7. The molecule has 0 aliphatic carbocycles. The molecule has 0 atom stereocenters. The van der Waals surface area contributed by atoms with Crippen LogP contribution < -0.4 is 10.1 Å². The minimum Gasteiger partial charge on any atom is -0.497 e. The molecule has 1 N–H and O–H groups in total. The number of hydrogen-bond acceptors (Lipinski definition) is 4. The third kappa shape index (κ3) is 6.49. The average molecular weight is 499 g/mol. The van der Waals surface area contributed by atoms with Gasteiger partial charge in [-0.15, -0.1) is 6.58 Å². The van der Waals surface area contributed by atoms with Gasteiger partial charge >= 0.3 is 0 Å². The SMILES string of the molecule is C=CCN(CC(=O)Nc1nc(-c2ccc(OC)cc2)cn1-c1ccc(F)cc1)C(=O)Cc1ccccc1. The molecule has 0 saturated carbocycles. The Balaban J connectivity index is 1.57. The van der Waals surface area contributed by atoms with Crippen LogP contribution in [0.1, 0.15) is 5.56 Å². The van der Waals surface area contributed by atoms with Gasteiger partial charge in [0.25, 0.3) is 0 Å². The minimum absolute atomic E-state index is 0.174. The number of aromatic nitrogens is 2. The van der Waals surface area contributed by atoms with Gasteiger partial charge in [-0.25, -0.2) is 9.37 Å². The van der Waals surface area contributed by atoms with E-state index in [-0.39, 0.29) is 37.2 Å². The quantitative estimate of drug-likeness (QED) is 0.316. The number of benzene rings is 3. The summed E-state index contributed by atoms with van der Waals surface area (Å²) in [4.78, 5) is 32.0. The van der Waals surface area contributed by atoms with Crippen LogP contribution >= 0.6 is 0 Å². The largest absolute Gasteiger partial charge is 0.497 e. The van der Waals surface area contributed by atoms with Crippen molar-refractivity contribution in [2.45, 2.75) is 6.42 Å². The zero-order chi connectivity index (χ0) is 26.2. The minimum atomic E-state index is -0.418. The molecule has 8 heteroatoms. The molecule has 4 rings (SSSR count). The molecule has 0 radical (unpaired) electrons. The Morgan fingerprint density at radius 3 is 2.41 bits per heavy atom. The Bertz CT molecular complexity index is 1370. The molecule has 0 saturated heterocycles. The van der Waals surface area contributed by atoms with E-state index in [0.29, 0.717) is 17.1 Å². The van der Waals surface area contributed by atoms with Crippen molar-refractivity contribution >= 4 is 17.8 Å². The fraction of sp³-hybridized carbons (Fsp3) is 0.138. The van der Waals surface area contributed by atoms with Crippen LogP contribution in [-0.4, -0.2) is 46.5 Å². The number of carbonyl (C=O) groups is 2. The maximum Gasteiger partial charge on any atom is 0.246 e. The fourth-order valence-electron chi connectivity index (χ4n) is 3.80. The summed E-state index contributed by atoms with van der Waals surface area (Å²) >= 11 is 0. The van der Waals surface area contributed by atoms with Gasteiger partial charge < -0.3 is 9.64 Å². The molecule has 1 aromatic heterocycles. The molecule has 0 fully saturated rings. The second-order valence-electron chi connectivity index (χ2n) is 8.30. The maximum absolute atomic E-state index is 13.6. The number of ether oxygens (including phenoxy) is 1. The highest BCUT2D eigenvalue weighted by Crippen LogP contribution is 2.26. The van der Waals surface area contributed by atoms with Gasteiger partial charge in [-0.05, 0) is 54.1 Å².